The molecule has 0 unspecified atom stereocenters. The van der Waals surface area contributed by atoms with Crippen molar-refractivity contribution in [1.82, 2.24) is 9.97 Å². The van der Waals surface area contributed by atoms with E-state index < -0.39 is 13.1 Å². The second-order valence-electron chi connectivity index (χ2n) is 2.21. The first-order valence-corrected chi connectivity index (χ1v) is 3.41. The first-order valence-electron chi connectivity index (χ1n) is 3.41. The Morgan fingerprint density at radius 3 is 2.38 bits per heavy atom. The van der Waals surface area contributed by atoms with E-state index >= 15 is 0 Å². The number of carbonyl (C=O) groups excluding carboxylic acids is 1. The summed E-state index contributed by atoms with van der Waals surface area (Å²) in [4.78, 5) is 18.0. The molecule has 0 amide bonds. The molecule has 2 N–H and O–H groups in total. The number of rotatable bonds is 2. The molecule has 0 aliphatic carbocycles. The summed E-state index contributed by atoms with van der Waals surface area (Å²) >= 11 is 0. The molecule has 0 bridgehead atoms. The van der Waals surface area contributed by atoms with Crippen LogP contribution in [0.4, 0.5) is 0 Å². The molecule has 0 radical (unpaired) electrons. The van der Waals surface area contributed by atoms with Gasteiger partial charge in [-0.1, -0.05) is 0 Å². The van der Waals surface area contributed by atoms with Gasteiger partial charge in [0, 0.05) is 17.9 Å². The SMILES string of the molecule is COC(=O)c1ncc(B(O)O)cn1. The molecule has 0 spiro atoms. The highest BCUT2D eigenvalue weighted by Gasteiger charge is 2.14. The molecule has 1 rings (SSSR count). The van der Waals surface area contributed by atoms with Crippen molar-refractivity contribution < 1.29 is 19.6 Å². The molecule has 0 fully saturated rings. The number of esters is 1. The molecule has 0 aliphatic rings. The summed E-state index contributed by atoms with van der Waals surface area (Å²) in [7, 11) is -0.424. The summed E-state index contributed by atoms with van der Waals surface area (Å²) in [5, 5.41) is 17.3. The smallest absolute Gasteiger partial charge is 0.463 e. The molecule has 0 atom stereocenters. The van der Waals surface area contributed by atoms with Crippen molar-refractivity contribution in [1.29, 1.82) is 0 Å². The van der Waals surface area contributed by atoms with Crippen LogP contribution in [-0.4, -0.2) is 40.2 Å². The zero-order valence-electron chi connectivity index (χ0n) is 6.84. The van der Waals surface area contributed by atoms with Crippen LogP contribution in [0.2, 0.25) is 0 Å². The predicted molar refractivity (Wildman–Crippen MR) is 43.2 cm³/mol. The van der Waals surface area contributed by atoms with Gasteiger partial charge in [-0.3, -0.25) is 0 Å². The van der Waals surface area contributed by atoms with Gasteiger partial charge in [-0.05, 0) is 0 Å². The third-order valence-electron chi connectivity index (χ3n) is 1.34. The maximum atomic E-state index is 10.8. The number of hydrogen-bond acceptors (Lipinski definition) is 6. The van der Waals surface area contributed by atoms with Crippen LogP contribution in [0.5, 0.6) is 0 Å². The predicted octanol–water partition coefficient (Wildman–Crippen LogP) is -2.06. The Kier molecular flexibility index (Phi) is 2.94. The second kappa shape index (κ2) is 3.97. The molecule has 7 heteroatoms. The summed E-state index contributed by atoms with van der Waals surface area (Å²) in [6.07, 6.45) is 2.29. The molecule has 1 aromatic rings. The average molecular weight is 182 g/mol. The first kappa shape index (κ1) is 9.62. The zero-order chi connectivity index (χ0) is 9.84. The molecule has 0 aliphatic heterocycles. The van der Waals surface area contributed by atoms with E-state index in [1.54, 1.807) is 0 Å². The molecule has 0 aromatic carbocycles. The van der Waals surface area contributed by atoms with Crippen molar-refractivity contribution in [2.45, 2.75) is 0 Å². The molecule has 68 valence electrons. The summed E-state index contributed by atoms with van der Waals surface area (Å²) < 4.78 is 4.35. The molecular weight excluding hydrogens is 175 g/mol. The van der Waals surface area contributed by atoms with Crippen LogP contribution in [0, 0.1) is 0 Å². The minimum atomic E-state index is -1.63. The highest BCUT2D eigenvalue weighted by Crippen LogP contribution is 1.89. The first-order chi connectivity index (χ1) is 6.15. The maximum Gasteiger partial charge on any atom is 0.491 e. The van der Waals surface area contributed by atoms with Crippen molar-refractivity contribution >= 4 is 18.6 Å². The summed E-state index contributed by atoms with van der Waals surface area (Å²) in [5.74, 6) is -0.786. The van der Waals surface area contributed by atoms with Crippen molar-refractivity contribution in [3.63, 3.8) is 0 Å². The van der Waals surface area contributed by atoms with E-state index in [9.17, 15) is 4.79 Å². The Morgan fingerprint density at radius 2 is 2.00 bits per heavy atom. The highest BCUT2D eigenvalue weighted by atomic mass is 16.5. The molecule has 6 nitrogen and oxygen atoms in total. The minimum Gasteiger partial charge on any atom is -0.463 e. The number of ether oxygens (including phenoxy) is 1. The van der Waals surface area contributed by atoms with Crippen LogP contribution < -0.4 is 5.46 Å². The topological polar surface area (TPSA) is 92.5 Å². The van der Waals surface area contributed by atoms with Gasteiger partial charge in [0.2, 0.25) is 5.82 Å². The number of carbonyl (C=O) groups is 1. The number of hydrogen-bond donors (Lipinski definition) is 2. The normalized spacial score (nSPS) is 9.46. The van der Waals surface area contributed by atoms with E-state index in [-0.39, 0.29) is 11.3 Å². The van der Waals surface area contributed by atoms with E-state index in [0.717, 1.165) is 12.4 Å². The van der Waals surface area contributed by atoms with E-state index in [1.807, 2.05) is 0 Å². The van der Waals surface area contributed by atoms with Gasteiger partial charge in [-0.25, -0.2) is 14.8 Å². The van der Waals surface area contributed by atoms with E-state index in [0.29, 0.717) is 0 Å². The van der Waals surface area contributed by atoms with Gasteiger partial charge in [0.1, 0.15) is 0 Å². The largest absolute Gasteiger partial charge is 0.491 e. The van der Waals surface area contributed by atoms with Crippen LogP contribution in [0.1, 0.15) is 10.6 Å². The van der Waals surface area contributed by atoms with Gasteiger partial charge in [-0.2, -0.15) is 0 Å². The lowest BCUT2D eigenvalue weighted by molar-refractivity contribution is 0.0586. The lowest BCUT2D eigenvalue weighted by Gasteiger charge is -1.99. The fourth-order valence-electron chi connectivity index (χ4n) is 0.668. The summed E-state index contributed by atoms with van der Waals surface area (Å²) in [6, 6.07) is 0. The van der Waals surface area contributed by atoms with E-state index in [4.69, 9.17) is 10.0 Å². The minimum absolute atomic E-state index is 0.118. The lowest BCUT2D eigenvalue weighted by atomic mass is 9.83. The van der Waals surface area contributed by atoms with Crippen LogP contribution in [0.25, 0.3) is 0 Å². The fourth-order valence-corrected chi connectivity index (χ4v) is 0.668. The van der Waals surface area contributed by atoms with Crippen LogP contribution in [0.3, 0.4) is 0 Å². The van der Waals surface area contributed by atoms with Gasteiger partial charge in [0.25, 0.3) is 0 Å². The molecule has 1 aromatic heterocycles. The van der Waals surface area contributed by atoms with Gasteiger partial charge in [0.05, 0.1) is 7.11 Å². The fraction of sp³-hybridized carbons (Fsp3) is 0.167. The molecular formula is C6H7BN2O4. The van der Waals surface area contributed by atoms with Crippen molar-refractivity contribution in [2.24, 2.45) is 0 Å². The molecule has 13 heavy (non-hydrogen) atoms. The summed E-state index contributed by atoms with van der Waals surface area (Å²) in [6.45, 7) is 0. The monoisotopic (exact) mass is 182 g/mol. The lowest BCUT2D eigenvalue weighted by Crippen LogP contribution is -2.31. The summed E-state index contributed by atoms with van der Waals surface area (Å²) in [5.41, 5.74) is 0.118. The maximum absolute atomic E-state index is 10.8. The average Bonchev–Trinajstić information content (AvgIpc) is 2.17. The van der Waals surface area contributed by atoms with Crippen LogP contribution in [0.15, 0.2) is 12.4 Å². The Labute approximate surface area is 74.4 Å². The molecule has 0 saturated heterocycles. The quantitative estimate of drug-likeness (QED) is 0.403. The Morgan fingerprint density at radius 1 is 1.46 bits per heavy atom. The Bertz CT molecular complexity index is 300. The number of nitrogens with zero attached hydrogens (tertiary/aromatic N) is 2. The molecule has 1 heterocycles. The zero-order valence-corrected chi connectivity index (χ0v) is 6.84. The third kappa shape index (κ3) is 2.23. The Balaban J connectivity index is 2.87. The van der Waals surface area contributed by atoms with Gasteiger partial charge < -0.3 is 14.8 Å². The number of methoxy groups -OCH3 is 1. The van der Waals surface area contributed by atoms with Crippen LogP contribution in [-0.2, 0) is 4.74 Å². The molecule has 0 saturated carbocycles. The number of aromatic nitrogens is 2. The van der Waals surface area contributed by atoms with Crippen LogP contribution >= 0.6 is 0 Å². The Hall–Kier alpha value is -1.47. The van der Waals surface area contributed by atoms with Gasteiger partial charge >= 0.3 is 13.1 Å². The van der Waals surface area contributed by atoms with Gasteiger partial charge in [-0.15, -0.1) is 0 Å². The van der Waals surface area contributed by atoms with Crippen molar-refractivity contribution in [2.75, 3.05) is 7.11 Å². The van der Waals surface area contributed by atoms with Crippen molar-refractivity contribution in [3.8, 4) is 0 Å². The van der Waals surface area contributed by atoms with E-state index in [2.05, 4.69) is 14.7 Å². The standard InChI is InChI=1S/C6H7BN2O4/c1-13-6(10)5-8-2-4(3-9-5)7(11)12/h2-3,11-12H,1H3. The highest BCUT2D eigenvalue weighted by molar-refractivity contribution is 6.58. The van der Waals surface area contributed by atoms with Crippen molar-refractivity contribution in [3.05, 3.63) is 18.2 Å². The van der Waals surface area contributed by atoms with E-state index in [1.165, 1.54) is 7.11 Å². The third-order valence-corrected chi connectivity index (χ3v) is 1.34. The second-order valence-corrected chi connectivity index (χ2v) is 2.21. The van der Waals surface area contributed by atoms with Gasteiger partial charge in [0.15, 0.2) is 0 Å².